The van der Waals surface area contributed by atoms with Crippen molar-refractivity contribution in [2.24, 2.45) is 0 Å². The number of benzene rings is 1. The van der Waals surface area contributed by atoms with Crippen LogP contribution in [0, 0.1) is 5.82 Å². The number of nitrogens with zero attached hydrogens (tertiary/aromatic N) is 5. The number of halogens is 2. The third-order valence-electron chi connectivity index (χ3n) is 5.76. The average molecular weight is 443 g/mol. The zero-order valence-electron chi connectivity index (χ0n) is 16.8. The molecule has 0 spiro atoms. The zero-order valence-corrected chi connectivity index (χ0v) is 17.6. The van der Waals surface area contributed by atoms with Gasteiger partial charge in [-0.1, -0.05) is 17.7 Å². The second-order valence-corrected chi connectivity index (χ2v) is 8.24. The fraction of sp³-hybridized carbons (Fsp3) is 0.333. The molecule has 10 heteroatoms. The summed E-state index contributed by atoms with van der Waals surface area (Å²) in [6.07, 6.45) is 3.57. The van der Waals surface area contributed by atoms with Crippen LogP contribution in [-0.4, -0.2) is 49.8 Å². The summed E-state index contributed by atoms with van der Waals surface area (Å²) in [6, 6.07) is 6.09. The average Bonchev–Trinajstić information content (AvgIpc) is 3.37. The van der Waals surface area contributed by atoms with Gasteiger partial charge in [0.15, 0.2) is 0 Å². The highest BCUT2D eigenvalue weighted by molar-refractivity contribution is 6.31. The molecule has 1 N–H and O–H groups in total. The monoisotopic (exact) mass is 442 g/mol. The van der Waals surface area contributed by atoms with Crippen LogP contribution < -0.4 is 5.56 Å². The second kappa shape index (κ2) is 7.90. The first kappa shape index (κ1) is 19.9. The molecule has 0 radical (unpaired) electrons. The van der Waals surface area contributed by atoms with Gasteiger partial charge >= 0.3 is 0 Å². The molecule has 1 aliphatic rings. The molecule has 1 aliphatic heterocycles. The van der Waals surface area contributed by atoms with Gasteiger partial charge in [-0.15, -0.1) is 10.2 Å². The van der Waals surface area contributed by atoms with Gasteiger partial charge < -0.3 is 14.3 Å². The predicted molar refractivity (Wildman–Crippen MR) is 113 cm³/mol. The van der Waals surface area contributed by atoms with Gasteiger partial charge in [0.2, 0.25) is 5.89 Å². The highest BCUT2D eigenvalue weighted by Crippen LogP contribution is 2.30. The molecule has 0 unspecified atom stereocenters. The fourth-order valence-corrected chi connectivity index (χ4v) is 4.28. The molecule has 1 saturated heterocycles. The maximum Gasteiger partial charge on any atom is 0.253 e. The number of hydrogen-bond donors (Lipinski definition) is 1. The van der Waals surface area contributed by atoms with E-state index in [1.807, 2.05) is 0 Å². The Bertz CT molecular complexity index is 1280. The minimum atomic E-state index is -0.435. The summed E-state index contributed by atoms with van der Waals surface area (Å²) >= 11 is 6.10. The lowest BCUT2D eigenvalue weighted by Crippen LogP contribution is -2.30. The van der Waals surface area contributed by atoms with E-state index in [9.17, 15) is 9.18 Å². The van der Waals surface area contributed by atoms with Gasteiger partial charge in [0.05, 0.1) is 18.3 Å². The van der Waals surface area contributed by atoms with Gasteiger partial charge in [0, 0.05) is 22.6 Å². The molecule has 5 rings (SSSR count). The summed E-state index contributed by atoms with van der Waals surface area (Å²) in [5.41, 5.74) is 1.97. The van der Waals surface area contributed by atoms with Crippen molar-refractivity contribution in [1.82, 2.24) is 29.7 Å². The number of fused-ring (bicyclic) bond motifs is 1. The molecule has 0 amide bonds. The summed E-state index contributed by atoms with van der Waals surface area (Å²) in [5.74, 6) is 0.231. The predicted octanol–water partition coefficient (Wildman–Crippen LogP) is 3.27. The van der Waals surface area contributed by atoms with Crippen molar-refractivity contribution in [1.29, 1.82) is 0 Å². The SMILES string of the molecule is CN1CCC(c2cc(=O)[nH]c3c(-c4nnc(Cc5c(F)cccc5Cl)o4)cnn23)CC1. The van der Waals surface area contributed by atoms with Crippen LogP contribution in [0.15, 0.2) is 39.7 Å². The lowest BCUT2D eigenvalue weighted by Gasteiger charge is -2.29. The van der Waals surface area contributed by atoms with Gasteiger partial charge in [0.1, 0.15) is 17.0 Å². The highest BCUT2D eigenvalue weighted by Gasteiger charge is 2.24. The quantitative estimate of drug-likeness (QED) is 0.521. The van der Waals surface area contributed by atoms with E-state index < -0.39 is 5.82 Å². The maximum atomic E-state index is 14.1. The van der Waals surface area contributed by atoms with Gasteiger partial charge in [-0.25, -0.2) is 8.91 Å². The maximum absolute atomic E-state index is 14.1. The number of hydrogen-bond acceptors (Lipinski definition) is 6. The van der Waals surface area contributed by atoms with Crippen LogP contribution in [0.1, 0.15) is 35.9 Å². The van der Waals surface area contributed by atoms with Gasteiger partial charge in [0.25, 0.3) is 11.4 Å². The topological polar surface area (TPSA) is 92.3 Å². The summed E-state index contributed by atoms with van der Waals surface area (Å²) in [6.45, 7) is 1.94. The molecule has 160 valence electrons. The lowest BCUT2D eigenvalue weighted by atomic mass is 9.93. The van der Waals surface area contributed by atoms with Gasteiger partial charge in [-0.2, -0.15) is 5.10 Å². The van der Waals surface area contributed by atoms with E-state index in [1.165, 1.54) is 12.1 Å². The van der Waals surface area contributed by atoms with E-state index in [2.05, 4.69) is 32.2 Å². The Labute approximate surface area is 181 Å². The molecule has 0 saturated carbocycles. The van der Waals surface area contributed by atoms with E-state index in [1.54, 1.807) is 22.8 Å². The van der Waals surface area contributed by atoms with Crippen molar-refractivity contribution in [3.8, 4) is 11.5 Å². The first-order valence-electron chi connectivity index (χ1n) is 10.0. The number of likely N-dealkylation sites (tertiary alicyclic amines) is 1. The molecule has 0 aliphatic carbocycles. The first-order valence-corrected chi connectivity index (χ1v) is 10.4. The molecule has 1 aromatic carbocycles. The highest BCUT2D eigenvalue weighted by atomic mass is 35.5. The summed E-state index contributed by atoms with van der Waals surface area (Å²) in [4.78, 5) is 17.5. The molecule has 0 atom stereocenters. The van der Waals surface area contributed by atoms with Crippen molar-refractivity contribution in [3.63, 3.8) is 0 Å². The molecule has 1 fully saturated rings. The number of aromatic amines is 1. The van der Waals surface area contributed by atoms with E-state index >= 15 is 0 Å². The van der Waals surface area contributed by atoms with Crippen molar-refractivity contribution in [3.05, 3.63) is 68.8 Å². The Balaban J connectivity index is 1.50. The Kier molecular flexibility index (Phi) is 5.07. The van der Waals surface area contributed by atoms with Crippen LogP contribution >= 0.6 is 11.6 Å². The van der Waals surface area contributed by atoms with E-state index in [4.69, 9.17) is 16.0 Å². The Hall–Kier alpha value is -3.04. The van der Waals surface area contributed by atoms with Gasteiger partial charge in [-0.3, -0.25) is 4.79 Å². The van der Waals surface area contributed by atoms with Crippen molar-refractivity contribution < 1.29 is 8.81 Å². The Morgan fingerprint density at radius 3 is 2.87 bits per heavy atom. The summed E-state index contributed by atoms with van der Waals surface area (Å²) < 4.78 is 21.6. The number of piperidine rings is 1. The fourth-order valence-electron chi connectivity index (χ4n) is 4.05. The standard InChI is InChI=1S/C21H20ClFN6O2/c1-28-7-5-12(6-8-28)17-10-18(30)25-20-14(11-24-29(17)20)21-27-26-19(31-21)9-13-15(22)3-2-4-16(13)23/h2-4,10-12H,5-9H2,1H3,(H,25,30). The molecule has 3 aromatic heterocycles. The smallest absolute Gasteiger partial charge is 0.253 e. The van der Waals surface area contributed by atoms with Crippen LogP contribution in [0.25, 0.3) is 17.1 Å². The molecule has 4 aromatic rings. The third-order valence-corrected chi connectivity index (χ3v) is 6.11. The Morgan fingerprint density at radius 1 is 1.29 bits per heavy atom. The number of aromatic nitrogens is 5. The minimum Gasteiger partial charge on any atom is -0.420 e. The van der Waals surface area contributed by atoms with Crippen LogP contribution in [0.2, 0.25) is 5.02 Å². The third kappa shape index (κ3) is 3.75. The molecule has 4 heterocycles. The lowest BCUT2D eigenvalue weighted by molar-refractivity contribution is 0.252. The number of H-pyrrole nitrogens is 1. The Morgan fingerprint density at radius 2 is 2.10 bits per heavy atom. The summed E-state index contributed by atoms with van der Waals surface area (Å²) in [5, 5.41) is 12.9. The largest absolute Gasteiger partial charge is 0.420 e. The molecular formula is C21H20ClFN6O2. The van der Waals surface area contributed by atoms with Crippen LogP contribution in [0.3, 0.4) is 0 Å². The van der Waals surface area contributed by atoms with Crippen LogP contribution in [0.5, 0.6) is 0 Å². The van der Waals surface area contributed by atoms with Gasteiger partial charge in [-0.05, 0) is 45.1 Å². The number of rotatable bonds is 4. The van der Waals surface area contributed by atoms with Crippen molar-refractivity contribution in [2.75, 3.05) is 20.1 Å². The van der Waals surface area contributed by atoms with Crippen LogP contribution in [0.4, 0.5) is 4.39 Å². The van der Waals surface area contributed by atoms with Crippen LogP contribution in [-0.2, 0) is 6.42 Å². The van der Waals surface area contributed by atoms with E-state index in [-0.39, 0.29) is 35.2 Å². The summed E-state index contributed by atoms with van der Waals surface area (Å²) in [7, 11) is 2.09. The van der Waals surface area contributed by atoms with Crippen molar-refractivity contribution in [2.45, 2.75) is 25.2 Å². The first-order chi connectivity index (χ1) is 15.0. The van der Waals surface area contributed by atoms with E-state index in [0.717, 1.165) is 31.6 Å². The zero-order chi connectivity index (χ0) is 21.5. The molecular weight excluding hydrogens is 423 g/mol. The molecule has 0 bridgehead atoms. The second-order valence-electron chi connectivity index (χ2n) is 7.83. The minimum absolute atomic E-state index is 0.0646. The van der Waals surface area contributed by atoms with Crippen molar-refractivity contribution >= 4 is 17.2 Å². The number of nitrogens with one attached hydrogen (secondary N) is 1. The van der Waals surface area contributed by atoms with E-state index in [0.29, 0.717) is 16.2 Å². The normalized spacial score (nSPS) is 15.7. The molecule has 8 nitrogen and oxygen atoms in total. The molecule has 31 heavy (non-hydrogen) atoms.